The van der Waals surface area contributed by atoms with Crippen molar-refractivity contribution >= 4 is 49.3 Å². The van der Waals surface area contributed by atoms with Gasteiger partial charge in [0.1, 0.15) is 0 Å². The zero-order chi connectivity index (χ0) is 26.6. The van der Waals surface area contributed by atoms with E-state index in [1.54, 1.807) is 0 Å². The minimum atomic E-state index is 0.641. The summed E-state index contributed by atoms with van der Waals surface area (Å²) in [5, 5.41) is 4.93. The van der Waals surface area contributed by atoms with Crippen LogP contribution >= 0.6 is 0 Å². The Hall–Kier alpha value is -5.59. The molecule has 0 spiro atoms. The summed E-state index contributed by atoms with van der Waals surface area (Å²) in [7, 11) is 0. The fraction of sp³-hybridized carbons (Fsp3) is 0. The van der Waals surface area contributed by atoms with Crippen LogP contribution in [-0.2, 0) is 0 Å². The van der Waals surface area contributed by atoms with Crippen LogP contribution in [0, 0.1) is 6.57 Å². The summed E-state index contributed by atoms with van der Waals surface area (Å²) < 4.78 is 4.63. The average molecular weight is 510 g/mol. The minimum absolute atomic E-state index is 0.641. The number of hydrogen-bond donors (Lipinski definition) is 0. The maximum absolute atomic E-state index is 7.49. The average Bonchev–Trinajstić information content (AvgIpc) is 3.54. The minimum Gasteiger partial charge on any atom is -0.311 e. The van der Waals surface area contributed by atoms with E-state index < -0.39 is 0 Å². The Bertz CT molecular complexity index is 2240. The van der Waals surface area contributed by atoms with Crippen LogP contribution in [0.4, 0.5) is 5.69 Å². The van der Waals surface area contributed by atoms with Crippen LogP contribution in [-0.4, -0.2) is 9.13 Å². The molecule has 3 nitrogen and oxygen atoms in total. The number of nitrogens with zero attached hydrogens (tertiary/aromatic N) is 3. The lowest BCUT2D eigenvalue weighted by Gasteiger charge is -2.11. The summed E-state index contributed by atoms with van der Waals surface area (Å²) in [6, 6.07) is 49.2. The number of para-hydroxylation sites is 3. The van der Waals surface area contributed by atoms with Crippen molar-refractivity contribution in [2.75, 3.05) is 0 Å². The Morgan fingerprint density at radius 1 is 0.400 bits per heavy atom. The zero-order valence-corrected chi connectivity index (χ0v) is 21.6. The van der Waals surface area contributed by atoms with E-state index in [0.29, 0.717) is 5.69 Å². The Morgan fingerprint density at radius 2 is 0.900 bits per heavy atom. The van der Waals surface area contributed by atoms with Gasteiger partial charge in [-0.25, -0.2) is 4.85 Å². The highest BCUT2D eigenvalue weighted by molar-refractivity contribution is 6.11. The highest BCUT2D eigenvalue weighted by atomic mass is 15.0. The molecule has 0 saturated carbocycles. The first-order valence-electron chi connectivity index (χ1n) is 13.4. The number of rotatable bonds is 3. The van der Waals surface area contributed by atoms with Crippen LogP contribution in [0.5, 0.6) is 0 Å². The van der Waals surface area contributed by atoms with E-state index in [0.717, 1.165) is 22.4 Å². The maximum Gasteiger partial charge on any atom is 0.189 e. The molecule has 0 amide bonds. The molecular weight excluding hydrogens is 486 g/mol. The van der Waals surface area contributed by atoms with Gasteiger partial charge < -0.3 is 9.13 Å². The third kappa shape index (κ3) is 3.30. The number of hydrogen-bond acceptors (Lipinski definition) is 0. The molecule has 0 aliphatic rings. The van der Waals surface area contributed by atoms with Crippen LogP contribution in [0.15, 0.2) is 140 Å². The Kier molecular flexibility index (Phi) is 4.89. The molecule has 0 saturated heterocycles. The molecule has 0 N–H and O–H groups in total. The second-order valence-electron chi connectivity index (χ2n) is 10.1. The monoisotopic (exact) mass is 509 g/mol. The van der Waals surface area contributed by atoms with E-state index in [2.05, 4.69) is 135 Å². The van der Waals surface area contributed by atoms with Crippen molar-refractivity contribution < 1.29 is 0 Å². The predicted octanol–water partition coefficient (Wildman–Crippen LogP) is 10.1. The third-order valence-corrected chi connectivity index (χ3v) is 7.91. The van der Waals surface area contributed by atoms with Crippen molar-refractivity contribution in [1.82, 2.24) is 9.13 Å². The summed E-state index contributed by atoms with van der Waals surface area (Å²) in [5.74, 6) is 0. The van der Waals surface area contributed by atoms with Crippen LogP contribution in [0.25, 0.3) is 71.0 Å². The Balaban J connectivity index is 1.33. The first kappa shape index (κ1) is 22.4. The molecule has 8 aromatic rings. The van der Waals surface area contributed by atoms with Gasteiger partial charge >= 0.3 is 0 Å². The molecule has 0 radical (unpaired) electrons. The standard InChI is InChI=1S/C37H23N3/c1-38-27-11-9-13-29(24-27)40-36-19-7-4-16-32(36)33-23-26(20-21-37(33)40)25-10-8-12-28(22-25)39-34-17-5-2-14-30(34)31-15-3-6-18-35(31)39/h2-24H. The van der Waals surface area contributed by atoms with Crippen LogP contribution in [0.2, 0.25) is 0 Å². The zero-order valence-electron chi connectivity index (χ0n) is 21.6. The summed E-state index contributed by atoms with van der Waals surface area (Å²) in [5.41, 5.74) is 9.82. The number of benzene rings is 6. The Morgan fingerprint density at radius 3 is 1.52 bits per heavy atom. The maximum atomic E-state index is 7.49. The lowest BCUT2D eigenvalue weighted by atomic mass is 10.0. The van der Waals surface area contributed by atoms with Gasteiger partial charge in [-0.2, -0.15) is 0 Å². The Labute approximate surface area is 231 Å². The predicted molar refractivity (Wildman–Crippen MR) is 167 cm³/mol. The molecule has 3 heteroatoms. The topological polar surface area (TPSA) is 14.2 Å². The van der Waals surface area contributed by atoms with Crippen molar-refractivity contribution in [3.05, 3.63) is 151 Å². The molecule has 186 valence electrons. The molecule has 2 heterocycles. The normalized spacial score (nSPS) is 11.5. The van der Waals surface area contributed by atoms with Crippen molar-refractivity contribution in [3.63, 3.8) is 0 Å². The fourth-order valence-corrected chi connectivity index (χ4v) is 6.16. The lowest BCUT2D eigenvalue weighted by Crippen LogP contribution is -1.94. The summed E-state index contributed by atoms with van der Waals surface area (Å²) >= 11 is 0. The highest BCUT2D eigenvalue weighted by Gasteiger charge is 2.15. The van der Waals surface area contributed by atoms with Gasteiger partial charge in [-0.05, 0) is 65.7 Å². The SMILES string of the molecule is [C-]#[N+]c1cccc(-n2c3ccccc3c3cc(-c4cccc(-n5c6ccccc6c6ccccc65)c4)ccc32)c1. The summed E-state index contributed by atoms with van der Waals surface area (Å²) in [4.78, 5) is 3.66. The first-order chi connectivity index (χ1) is 19.8. The molecule has 0 atom stereocenters. The van der Waals surface area contributed by atoms with Crippen molar-refractivity contribution in [2.45, 2.75) is 0 Å². The van der Waals surface area contributed by atoms with E-state index in [4.69, 9.17) is 6.57 Å². The first-order valence-corrected chi connectivity index (χ1v) is 13.4. The molecule has 6 aromatic carbocycles. The second-order valence-corrected chi connectivity index (χ2v) is 10.1. The van der Waals surface area contributed by atoms with Gasteiger partial charge in [0.15, 0.2) is 5.69 Å². The van der Waals surface area contributed by atoms with Gasteiger partial charge in [0.25, 0.3) is 0 Å². The molecular formula is C37H23N3. The molecule has 0 unspecified atom stereocenters. The number of aromatic nitrogens is 2. The van der Waals surface area contributed by atoms with E-state index in [9.17, 15) is 0 Å². The molecule has 0 fully saturated rings. The van der Waals surface area contributed by atoms with Crippen LogP contribution in [0.1, 0.15) is 0 Å². The van der Waals surface area contributed by atoms with E-state index in [1.165, 1.54) is 43.7 Å². The quantitative estimate of drug-likeness (QED) is 0.210. The van der Waals surface area contributed by atoms with Gasteiger partial charge in [-0.3, -0.25) is 0 Å². The molecule has 8 rings (SSSR count). The van der Waals surface area contributed by atoms with Crippen molar-refractivity contribution in [2.24, 2.45) is 0 Å². The van der Waals surface area contributed by atoms with Gasteiger partial charge in [0, 0.05) is 32.9 Å². The van der Waals surface area contributed by atoms with E-state index in [1.807, 2.05) is 18.2 Å². The third-order valence-electron chi connectivity index (χ3n) is 7.91. The molecule has 2 aromatic heterocycles. The van der Waals surface area contributed by atoms with Crippen molar-refractivity contribution in [3.8, 4) is 22.5 Å². The lowest BCUT2D eigenvalue weighted by molar-refractivity contribution is 1.18. The van der Waals surface area contributed by atoms with Gasteiger partial charge in [-0.15, -0.1) is 0 Å². The largest absolute Gasteiger partial charge is 0.311 e. The summed E-state index contributed by atoms with van der Waals surface area (Å²) in [6.07, 6.45) is 0. The molecule has 0 bridgehead atoms. The number of fused-ring (bicyclic) bond motifs is 6. The fourth-order valence-electron chi connectivity index (χ4n) is 6.16. The van der Waals surface area contributed by atoms with Crippen molar-refractivity contribution in [1.29, 1.82) is 0 Å². The van der Waals surface area contributed by atoms with Crippen LogP contribution < -0.4 is 0 Å². The van der Waals surface area contributed by atoms with Crippen LogP contribution in [0.3, 0.4) is 0 Å². The molecule has 40 heavy (non-hydrogen) atoms. The molecule has 0 aliphatic heterocycles. The van der Waals surface area contributed by atoms with Gasteiger partial charge in [0.2, 0.25) is 0 Å². The smallest absolute Gasteiger partial charge is 0.189 e. The van der Waals surface area contributed by atoms with Gasteiger partial charge in [-0.1, -0.05) is 84.9 Å². The van der Waals surface area contributed by atoms with Gasteiger partial charge in [0.05, 0.1) is 28.6 Å². The second kappa shape index (κ2) is 8.73. The highest BCUT2D eigenvalue weighted by Crippen LogP contribution is 2.37. The van der Waals surface area contributed by atoms with E-state index >= 15 is 0 Å². The molecule has 0 aliphatic carbocycles. The summed E-state index contributed by atoms with van der Waals surface area (Å²) in [6.45, 7) is 7.49. The van der Waals surface area contributed by atoms with E-state index in [-0.39, 0.29) is 0 Å².